The van der Waals surface area contributed by atoms with Crippen LogP contribution in [0.15, 0.2) is 0 Å². The highest BCUT2D eigenvalue weighted by atomic mass is 16.4. The molecule has 0 spiro atoms. The van der Waals surface area contributed by atoms with Crippen molar-refractivity contribution < 1.29 is 19.5 Å². The van der Waals surface area contributed by atoms with E-state index in [1.54, 1.807) is 13.8 Å². The predicted molar refractivity (Wildman–Crippen MR) is 49.2 cm³/mol. The highest BCUT2D eigenvalue weighted by molar-refractivity contribution is 5.73. The maximum absolute atomic E-state index is 11.0. The van der Waals surface area contributed by atoms with Crippen LogP contribution in [0, 0.1) is 5.92 Å². The van der Waals surface area contributed by atoms with E-state index in [-0.39, 0.29) is 12.3 Å². The molecule has 0 bridgehead atoms. The normalized spacial score (nSPS) is 25.4. The molecule has 0 rings (SSSR count). The maximum atomic E-state index is 11.0. The molecule has 0 aliphatic rings. The molecule has 3 nitrogen and oxygen atoms in total. The molecule has 0 radical (unpaired) electrons. The van der Waals surface area contributed by atoms with E-state index in [9.17, 15) is 4.79 Å². The van der Waals surface area contributed by atoms with Crippen LogP contribution in [0.2, 0.25) is 0 Å². The molecule has 0 saturated carbocycles. The highest BCUT2D eigenvalue weighted by Gasteiger charge is 2.16. The zero-order valence-corrected chi connectivity index (χ0v) is 7.22. The number of carboxylic acids is 1. The molecule has 1 atom stereocenters. The van der Waals surface area contributed by atoms with Crippen LogP contribution in [-0.4, -0.2) is 23.6 Å². The van der Waals surface area contributed by atoms with Gasteiger partial charge in [-0.05, 0) is 25.2 Å². The Balaban J connectivity index is 5.16. The summed E-state index contributed by atoms with van der Waals surface area (Å²) < 4.78 is 50.8. The molecule has 0 aliphatic heterocycles. The zero-order valence-electron chi connectivity index (χ0n) is 14.2. The molecule has 0 aromatic carbocycles. The second kappa shape index (κ2) is 6.00. The minimum atomic E-state index is -3.20. The Labute approximate surface area is 84.0 Å². The molecular weight excluding hydrogens is 154 g/mol. The minimum absolute atomic E-state index is 0.0614. The molecule has 2 N–H and O–H groups in total. The maximum Gasteiger partial charge on any atom is 0.320 e. The van der Waals surface area contributed by atoms with Gasteiger partial charge in [0.15, 0.2) is 0 Å². The van der Waals surface area contributed by atoms with Crippen LogP contribution in [0.25, 0.3) is 0 Å². The first-order valence-corrected chi connectivity index (χ1v) is 3.73. The van der Waals surface area contributed by atoms with Gasteiger partial charge in [-0.2, -0.15) is 0 Å². The van der Waals surface area contributed by atoms with Crippen molar-refractivity contribution in [1.82, 2.24) is 5.32 Å². The molecule has 0 saturated heterocycles. The SMILES string of the molecule is [2H]C([2H])([2H])C([2H])([2H])C([2H])([2H])N[C@@H](CC(C)C)C(=O)O. The lowest BCUT2D eigenvalue weighted by Crippen LogP contribution is -2.38. The van der Waals surface area contributed by atoms with Gasteiger partial charge in [0.1, 0.15) is 6.04 Å². The van der Waals surface area contributed by atoms with E-state index in [1.807, 2.05) is 5.32 Å². The largest absolute Gasteiger partial charge is 0.480 e. The average molecular weight is 180 g/mol. The van der Waals surface area contributed by atoms with Crippen molar-refractivity contribution in [2.24, 2.45) is 5.92 Å². The van der Waals surface area contributed by atoms with Gasteiger partial charge in [-0.1, -0.05) is 20.7 Å². The van der Waals surface area contributed by atoms with Crippen molar-refractivity contribution in [1.29, 1.82) is 0 Å². The quantitative estimate of drug-likeness (QED) is 0.651. The Kier molecular flexibility index (Phi) is 2.05. The summed E-state index contributed by atoms with van der Waals surface area (Å²) in [7, 11) is 0. The third-order valence-corrected chi connectivity index (χ3v) is 1.31. The number of nitrogens with one attached hydrogen (secondary N) is 1. The smallest absolute Gasteiger partial charge is 0.320 e. The summed E-state index contributed by atoms with van der Waals surface area (Å²) in [5.41, 5.74) is 0. The van der Waals surface area contributed by atoms with Crippen LogP contribution in [0.4, 0.5) is 0 Å². The van der Waals surface area contributed by atoms with Crippen LogP contribution in [0.5, 0.6) is 0 Å². The molecule has 0 aromatic rings. The van der Waals surface area contributed by atoms with Crippen molar-refractivity contribution in [3.05, 3.63) is 0 Å². The number of carboxylic acid groups (broad SMARTS) is 1. The molecule has 72 valence electrons. The van der Waals surface area contributed by atoms with Gasteiger partial charge in [0.25, 0.3) is 0 Å². The lowest BCUT2D eigenvalue weighted by molar-refractivity contribution is -0.139. The molecule has 0 amide bonds. The van der Waals surface area contributed by atoms with Gasteiger partial charge < -0.3 is 10.4 Å². The van der Waals surface area contributed by atoms with Crippen LogP contribution < -0.4 is 5.32 Å². The lowest BCUT2D eigenvalue weighted by atomic mass is 10.0. The number of hydrogen-bond acceptors (Lipinski definition) is 2. The standard InChI is InChI=1S/C9H19NO2/c1-4-5-10-8(9(11)12)6-7(2)3/h7-8,10H,4-6H2,1-3H3,(H,11,12)/t8-/m0/s1/i1D3,4D2,5D2. The van der Waals surface area contributed by atoms with Crippen LogP contribution in [-0.2, 0) is 4.79 Å². The lowest BCUT2D eigenvalue weighted by Gasteiger charge is -2.15. The Bertz CT molecular complexity index is 327. The molecule has 3 heteroatoms. The summed E-state index contributed by atoms with van der Waals surface area (Å²) in [5, 5.41) is 10.9. The van der Waals surface area contributed by atoms with Gasteiger partial charge in [0, 0.05) is 9.60 Å². The van der Waals surface area contributed by atoms with E-state index in [4.69, 9.17) is 14.7 Å². The Morgan fingerprint density at radius 3 is 2.83 bits per heavy atom. The van der Waals surface area contributed by atoms with Gasteiger partial charge in [0.2, 0.25) is 0 Å². The van der Waals surface area contributed by atoms with Crippen molar-refractivity contribution in [2.75, 3.05) is 6.50 Å². The first-order valence-electron chi connectivity index (χ1n) is 7.23. The van der Waals surface area contributed by atoms with Gasteiger partial charge in [0.05, 0.1) is 0 Å². The minimum Gasteiger partial charge on any atom is -0.480 e. The van der Waals surface area contributed by atoms with Gasteiger partial charge in [-0.25, -0.2) is 0 Å². The third kappa shape index (κ3) is 5.13. The summed E-state index contributed by atoms with van der Waals surface area (Å²) in [6.07, 6.45) is -3.14. The number of aliphatic carboxylic acids is 1. The first-order chi connectivity index (χ1) is 8.22. The van der Waals surface area contributed by atoms with Gasteiger partial charge >= 0.3 is 5.97 Å². The van der Waals surface area contributed by atoms with Gasteiger partial charge in [-0.3, -0.25) is 4.79 Å². The Morgan fingerprint density at radius 2 is 2.42 bits per heavy atom. The van der Waals surface area contributed by atoms with E-state index >= 15 is 0 Å². The topological polar surface area (TPSA) is 49.3 Å². The van der Waals surface area contributed by atoms with E-state index in [0.717, 1.165) is 0 Å². The summed E-state index contributed by atoms with van der Waals surface area (Å²) in [4.78, 5) is 11.0. The van der Waals surface area contributed by atoms with Crippen LogP contribution >= 0.6 is 0 Å². The fourth-order valence-electron chi connectivity index (χ4n) is 0.816. The van der Waals surface area contributed by atoms with E-state index in [0.29, 0.717) is 0 Å². The number of hydrogen-bond donors (Lipinski definition) is 2. The van der Waals surface area contributed by atoms with Crippen molar-refractivity contribution in [3.8, 4) is 0 Å². The summed E-state index contributed by atoms with van der Waals surface area (Å²) >= 11 is 0. The predicted octanol–water partition coefficient (Wildman–Crippen LogP) is 1.49. The summed E-state index contributed by atoms with van der Waals surface area (Å²) in [6.45, 7) is -2.74. The zero-order chi connectivity index (χ0) is 15.6. The van der Waals surface area contributed by atoms with Crippen LogP contribution in [0.3, 0.4) is 0 Å². The monoisotopic (exact) mass is 180 g/mol. The highest BCUT2D eigenvalue weighted by Crippen LogP contribution is 2.04. The second-order valence-electron chi connectivity index (χ2n) is 2.91. The van der Waals surface area contributed by atoms with Crippen molar-refractivity contribution in [2.45, 2.75) is 39.5 Å². The fourth-order valence-corrected chi connectivity index (χ4v) is 0.816. The fraction of sp³-hybridized carbons (Fsp3) is 0.889. The second-order valence-corrected chi connectivity index (χ2v) is 2.91. The molecule has 0 fully saturated rings. The third-order valence-electron chi connectivity index (χ3n) is 1.31. The summed E-state index contributed by atoms with van der Waals surface area (Å²) in [5.74, 6) is -1.41. The van der Waals surface area contributed by atoms with Crippen molar-refractivity contribution >= 4 is 5.97 Å². The first kappa shape index (κ1) is 4.09. The summed E-state index contributed by atoms with van der Waals surface area (Å²) in [6, 6.07) is -1.35. The molecule has 0 heterocycles. The number of carbonyl (C=O) groups is 1. The Hall–Kier alpha value is -0.570. The van der Waals surface area contributed by atoms with E-state index < -0.39 is 31.7 Å². The van der Waals surface area contributed by atoms with E-state index in [2.05, 4.69) is 0 Å². The van der Waals surface area contributed by atoms with E-state index in [1.165, 1.54) is 0 Å². The molecule has 12 heavy (non-hydrogen) atoms. The van der Waals surface area contributed by atoms with Gasteiger partial charge in [-0.15, -0.1) is 0 Å². The number of rotatable bonds is 6. The average Bonchev–Trinajstić information content (AvgIpc) is 2.13. The molecule has 0 aliphatic carbocycles. The van der Waals surface area contributed by atoms with Crippen molar-refractivity contribution in [3.63, 3.8) is 0 Å². The molecular formula is C9H19NO2. The van der Waals surface area contributed by atoms with Crippen LogP contribution in [0.1, 0.15) is 43.1 Å². The molecule has 0 aromatic heterocycles. The Morgan fingerprint density at radius 1 is 1.75 bits per heavy atom. The molecule has 0 unspecified atom stereocenters.